The molecule has 3 atom stereocenters. The largest absolute Gasteiger partial charge is 0.493 e. The van der Waals surface area contributed by atoms with Crippen LogP contribution in [0.3, 0.4) is 0 Å². The smallest absolute Gasteiger partial charge is 0.416 e. The molecule has 35 heavy (non-hydrogen) atoms. The van der Waals surface area contributed by atoms with Crippen LogP contribution in [0.2, 0.25) is 0 Å². The first kappa shape index (κ1) is 25.5. The van der Waals surface area contributed by atoms with Gasteiger partial charge in [-0.2, -0.15) is 13.2 Å². The van der Waals surface area contributed by atoms with Gasteiger partial charge < -0.3 is 14.4 Å². The van der Waals surface area contributed by atoms with E-state index in [9.17, 15) is 18.0 Å². The molecule has 2 aromatic carbocycles. The number of benzene rings is 2. The zero-order valence-corrected chi connectivity index (χ0v) is 20.7. The van der Waals surface area contributed by atoms with E-state index in [0.29, 0.717) is 25.3 Å². The highest BCUT2D eigenvalue weighted by Crippen LogP contribution is 2.39. The molecule has 5 nitrogen and oxygen atoms in total. The van der Waals surface area contributed by atoms with Crippen molar-refractivity contribution in [2.75, 3.05) is 33.4 Å². The van der Waals surface area contributed by atoms with Crippen LogP contribution in [-0.2, 0) is 10.9 Å². The molecule has 2 bridgehead atoms. The van der Waals surface area contributed by atoms with Crippen molar-refractivity contribution in [2.45, 2.75) is 57.9 Å². The number of amides is 1. The number of carbonyl (C=O) groups is 1. The molecule has 2 aliphatic rings. The Labute approximate surface area is 204 Å². The summed E-state index contributed by atoms with van der Waals surface area (Å²) in [7, 11) is 1.68. The molecule has 190 valence electrons. The molecule has 0 N–H and O–H groups in total. The molecule has 0 radical (unpaired) electrons. The summed E-state index contributed by atoms with van der Waals surface area (Å²) in [5.74, 6) is 0.700. The van der Waals surface area contributed by atoms with Crippen molar-refractivity contribution in [1.29, 1.82) is 0 Å². The van der Waals surface area contributed by atoms with E-state index in [4.69, 9.17) is 9.47 Å². The van der Waals surface area contributed by atoms with Crippen LogP contribution < -0.4 is 4.74 Å². The van der Waals surface area contributed by atoms with Gasteiger partial charge in [-0.15, -0.1) is 0 Å². The molecule has 4 rings (SSSR count). The Morgan fingerprint density at radius 2 is 1.74 bits per heavy atom. The first-order valence-electron chi connectivity index (χ1n) is 12.1. The summed E-state index contributed by atoms with van der Waals surface area (Å²) < 4.78 is 49.6. The van der Waals surface area contributed by atoms with E-state index in [-0.39, 0.29) is 24.0 Å². The van der Waals surface area contributed by atoms with Gasteiger partial charge in [0.25, 0.3) is 5.91 Å². The lowest BCUT2D eigenvalue weighted by Crippen LogP contribution is -2.49. The van der Waals surface area contributed by atoms with Crippen LogP contribution >= 0.6 is 0 Å². The van der Waals surface area contributed by atoms with Crippen LogP contribution in [0.4, 0.5) is 13.2 Å². The summed E-state index contributed by atoms with van der Waals surface area (Å²) in [6, 6.07) is 9.18. The number of hydrogen-bond donors (Lipinski definition) is 0. The minimum Gasteiger partial charge on any atom is -0.493 e. The minimum atomic E-state index is -4.41. The molecule has 1 amide bonds. The van der Waals surface area contributed by atoms with Crippen LogP contribution in [0, 0.1) is 13.8 Å². The SMILES string of the molecule is COCCCOc1ccc([C@H](C)N2C[C@@H]3C[C@H]2CN3C(=O)c2ccc(C(F)(F)F)cc2)c(C)c1C. The zero-order valence-electron chi connectivity index (χ0n) is 20.7. The van der Waals surface area contributed by atoms with Gasteiger partial charge in [-0.3, -0.25) is 9.69 Å². The Bertz CT molecular complexity index is 1050. The van der Waals surface area contributed by atoms with E-state index in [1.165, 1.54) is 23.3 Å². The van der Waals surface area contributed by atoms with Gasteiger partial charge in [0.15, 0.2) is 0 Å². The van der Waals surface area contributed by atoms with Crippen LogP contribution in [0.25, 0.3) is 0 Å². The molecule has 2 saturated heterocycles. The summed E-state index contributed by atoms with van der Waals surface area (Å²) in [6.07, 6.45) is -2.68. The molecular weight excluding hydrogens is 457 g/mol. The molecule has 2 fully saturated rings. The number of rotatable bonds is 8. The highest BCUT2D eigenvalue weighted by Gasteiger charge is 2.47. The molecule has 0 aromatic heterocycles. The highest BCUT2D eigenvalue weighted by molar-refractivity contribution is 5.94. The number of alkyl halides is 3. The van der Waals surface area contributed by atoms with E-state index in [1.54, 1.807) is 7.11 Å². The van der Waals surface area contributed by atoms with Gasteiger partial charge in [-0.1, -0.05) is 6.07 Å². The number of nitrogens with zero attached hydrogens (tertiary/aromatic N) is 2. The van der Waals surface area contributed by atoms with Crippen LogP contribution in [-0.4, -0.2) is 61.2 Å². The summed E-state index contributed by atoms with van der Waals surface area (Å²) in [5, 5.41) is 0. The number of hydrogen-bond acceptors (Lipinski definition) is 4. The maximum absolute atomic E-state index is 13.0. The van der Waals surface area contributed by atoms with Crippen LogP contribution in [0.5, 0.6) is 5.75 Å². The third-order valence-electron chi connectivity index (χ3n) is 7.48. The number of methoxy groups -OCH3 is 1. The van der Waals surface area contributed by atoms with Crippen molar-refractivity contribution in [1.82, 2.24) is 9.80 Å². The number of fused-ring (bicyclic) bond motifs is 2. The lowest BCUT2D eigenvalue weighted by Gasteiger charge is -2.38. The summed E-state index contributed by atoms with van der Waals surface area (Å²) in [4.78, 5) is 17.3. The fourth-order valence-corrected chi connectivity index (χ4v) is 5.38. The molecule has 0 aliphatic carbocycles. The standard InChI is InChI=1S/C27H33F3N2O3/c1-17-18(2)25(35-13-5-12-34-4)11-10-24(17)19(3)31-15-23-14-22(31)16-32(23)26(33)20-6-8-21(9-7-20)27(28,29)30/h6-11,19,22-23H,5,12-16H2,1-4H3/t19-,22-,23-/m0/s1. The summed E-state index contributed by atoms with van der Waals surface area (Å²) in [6.45, 7) is 9.03. The first-order valence-corrected chi connectivity index (χ1v) is 12.1. The first-order chi connectivity index (χ1) is 16.6. The van der Waals surface area contributed by atoms with Gasteiger partial charge in [0.2, 0.25) is 0 Å². The lowest BCUT2D eigenvalue weighted by molar-refractivity contribution is -0.137. The molecule has 8 heteroatoms. The number of halogens is 3. The molecule has 2 aliphatic heterocycles. The topological polar surface area (TPSA) is 42.0 Å². The second kappa shape index (κ2) is 10.2. The Hall–Kier alpha value is -2.58. The van der Waals surface area contributed by atoms with Gasteiger partial charge in [-0.05, 0) is 74.2 Å². The van der Waals surface area contributed by atoms with Gasteiger partial charge >= 0.3 is 6.18 Å². The van der Waals surface area contributed by atoms with Gasteiger partial charge in [0.05, 0.1) is 12.2 Å². The van der Waals surface area contributed by atoms with Crippen molar-refractivity contribution in [3.8, 4) is 5.75 Å². The van der Waals surface area contributed by atoms with Crippen molar-refractivity contribution >= 4 is 5.91 Å². The van der Waals surface area contributed by atoms with E-state index < -0.39 is 11.7 Å². The van der Waals surface area contributed by atoms with E-state index in [2.05, 4.69) is 31.7 Å². The average Bonchev–Trinajstić information content (AvgIpc) is 3.44. The average molecular weight is 491 g/mol. The fraction of sp³-hybridized carbons (Fsp3) is 0.519. The van der Waals surface area contributed by atoms with Crippen LogP contribution in [0.1, 0.15) is 58.4 Å². The fourth-order valence-electron chi connectivity index (χ4n) is 5.38. The van der Waals surface area contributed by atoms with Crippen molar-refractivity contribution in [3.05, 3.63) is 64.2 Å². The number of piperazine rings is 1. The summed E-state index contributed by atoms with van der Waals surface area (Å²) in [5.41, 5.74) is 3.16. The van der Waals surface area contributed by atoms with Gasteiger partial charge in [0, 0.05) is 56.9 Å². The third-order valence-corrected chi connectivity index (χ3v) is 7.48. The maximum Gasteiger partial charge on any atom is 0.416 e. The minimum absolute atomic E-state index is 0.0713. The Kier molecular flexibility index (Phi) is 7.43. The summed E-state index contributed by atoms with van der Waals surface area (Å²) >= 11 is 0. The third kappa shape index (κ3) is 5.19. The predicted octanol–water partition coefficient (Wildman–Crippen LogP) is 5.40. The Balaban J connectivity index is 1.40. The molecule has 2 aromatic rings. The second-order valence-corrected chi connectivity index (χ2v) is 9.55. The van der Waals surface area contributed by atoms with Gasteiger partial charge in [-0.25, -0.2) is 0 Å². The quantitative estimate of drug-likeness (QED) is 0.465. The van der Waals surface area contributed by atoms with Crippen LogP contribution in [0.15, 0.2) is 36.4 Å². The number of carbonyl (C=O) groups excluding carboxylic acids is 1. The van der Waals surface area contributed by atoms with Gasteiger partial charge in [0.1, 0.15) is 5.75 Å². The van der Waals surface area contributed by atoms with Crippen molar-refractivity contribution in [2.24, 2.45) is 0 Å². The van der Waals surface area contributed by atoms with E-state index in [1.807, 2.05) is 11.0 Å². The zero-order chi connectivity index (χ0) is 25.3. The molecule has 0 unspecified atom stereocenters. The van der Waals surface area contributed by atoms with E-state index >= 15 is 0 Å². The molecular formula is C27H33F3N2O3. The van der Waals surface area contributed by atoms with E-state index in [0.717, 1.165) is 42.8 Å². The maximum atomic E-state index is 13.0. The molecule has 0 spiro atoms. The van der Waals surface area contributed by atoms with Crippen molar-refractivity contribution in [3.63, 3.8) is 0 Å². The second-order valence-electron chi connectivity index (χ2n) is 9.55. The Morgan fingerprint density at radius 1 is 1.03 bits per heavy atom. The highest BCUT2D eigenvalue weighted by atomic mass is 19.4. The monoisotopic (exact) mass is 490 g/mol. The number of likely N-dealkylation sites (tertiary alicyclic amines) is 2. The predicted molar refractivity (Wildman–Crippen MR) is 128 cm³/mol. The lowest BCUT2D eigenvalue weighted by atomic mass is 9.96. The molecule has 2 heterocycles. The van der Waals surface area contributed by atoms with Crippen molar-refractivity contribution < 1.29 is 27.4 Å². The normalized spacial score (nSPS) is 20.9. The Morgan fingerprint density at radius 3 is 2.34 bits per heavy atom. The molecule has 0 saturated carbocycles. The number of ether oxygens (including phenoxy) is 2.